The van der Waals surface area contributed by atoms with Crippen LogP contribution in [0.5, 0.6) is 5.75 Å². The smallest absolute Gasteiger partial charge is 0.200 e. The zero-order valence-corrected chi connectivity index (χ0v) is 10.4. The van der Waals surface area contributed by atoms with Crippen molar-refractivity contribution in [3.8, 4) is 5.75 Å². The lowest BCUT2D eigenvalue weighted by Gasteiger charge is -2.03. The maximum absolute atomic E-state index is 11.8. The number of phenols is 1. The summed E-state index contributed by atoms with van der Waals surface area (Å²) in [4.78, 5) is 0.221. The second kappa shape index (κ2) is 4.14. The summed E-state index contributed by atoms with van der Waals surface area (Å²) < 4.78 is 23.6. The largest absolute Gasteiger partial charge is 0.508 e. The van der Waals surface area contributed by atoms with Crippen LogP contribution in [0.2, 0.25) is 0 Å². The molecule has 3 nitrogen and oxygen atoms in total. The molecule has 0 aromatic heterocycles. The number of hydrogen-bond donors (Lipinski definition) is 1. The van der Waals surface area contributed by atoms with Gasteiger partial charge in [0.05, 0.1) is 4.90 Å². The van der Waals surface area contributed by atoms with Gasteiger partial charge in [0.2, 0.25) is 9.84 Å². The molecule has 0 spiro atoms. The molecule has 0 saturated carbocycles. The van der Waals surface area contributed by atoms with E-state index < -0.39 is 9.84 Å². The van der Waals surface area contributed by atoms with Crippen LogP contribution < -0.4 is 0 Å². The fourth-order valence-electron chi connectivity index (χ4n) is 1.65. The molecule has 2 rings (SSSR count). The molecule has 1 aliphatic rings. The molecular formula is C11H12O3S2. The quantitative estimate of drug-likeness (QED) is 0.901. The predicted octanol–water partition coefficient (Wildman–Crippen LogP) is 2.27. The van der Waals surface area contributed by atoms with Crippen molar-refractivity contribution in [1.82, 2.24) is 0 Å². The molecule has 0 amide bonds. The molecule has 5 heteroatoms. The number of sulfone groups is 1. The number of benzene rings is 1. The Morgan fingerprint density at radius 1 is 1.38 bits per heavy atom. The van der Waals surface area contributed by atoms with Gasteiger partial charge in [-0.25, -0.2) is 8.42 Å². The topological polar surface area (TPSA) is 54.4 Å². The standard InChI is InChI=1S/C11H12O3S2/c1-2-15-6-8-7-16(13,14)11-5-9(12)3-4-10(8)11/h3-5,7,12H,2,6H2,1H3. The lowest BCUT2D eigenvalue weighted by Crippen LogP contribution is -1.92. The van der Waals surface area contributed by atoms with E-state index in [-0.39, 0.29) is 10.6 Å². The van der Waals surface area contributed by atoms with Crippen molar-refractivity contribution in [3.05, 3.63) is 29.2 Å². The molecule has 0 fully saturated rings. The maximum Gasteiger partial charge on any atom is 0.200 e. The van der Waals surface area contributed by atoms with Crippen LogP contribution >= 0.6 is 11.8 Å². The van der Waals surface area contributed by atoms with Crippen LogP contribution in [0.1, 0.15) is 12.5 Å². The highest BCUT2D eigenvalue weighted by Gasteiger charge is 2.26. The third kappa shape index (κ3) is 1.97. The molecule has 16 heavy (non-hydrogen) atoms. The summed E-state index contributed by atoms with van der Waals surface area (Å²) in [5, 5.41) is 10.6. The maximum atomic E-state index is 11.8. The van der Waals surface area contributed by atoms with Crippen LogP contribution in [0.3, 0.4) is 0 Å². The van der Waals surface area contributed by atoms with Gasteiger partial charge in [0, 0.05) is 11.2 Å². The second-order valence-electron chi connectivity index (χ2n) is 3.51. The van der Waals surface area contributed by atoms with Crippen LogP contribution in [0.15, 0.2) is 28.5 Å². The van der Waals surface area contributed by atoms with E-state index in [1.807, 2.05) is 6.92 Å². The summed E-state index contributed by atoms with van der Waals surface area (Å²) in [5.74, 6) is 1.62. The zero-order chi connectivity index (χ0) is 11.8. The first-order valence-corrected chi connectivity index (χ1v) is 7.61. The van der Waals surface area contributed by atoms with E-state index >= 15 is 0 Å². The molecule has 1 aliphatic heterocycles. The molecule has 1 aromatic rings. The fraction of sp³-hybridized carbons (Fsp3) is 0.273. The molecule has 0 bridgehead atoms. The van der Waals surface area contributed by atoms with Crippen LogP contribution in [0.25, 0.3) is 5.57 Å². The van der Waals surface area contributed by atoms with Crippen molar-refractivity contribution < 1.29 is 13.5 Å². The predicted molar refractivity (Wildman–Crippen MR) is 66.3 cm³/mol. The first-order valence-electron chi connectivity index (χ1n) is 4.91. The minimum Gasteiger partial charge on any atom is -0.508 e. The highest BCUT2D eigenvalue weighted by atomic mass is 32.2. The lowest BCUT2D eigenvalue weighted by molar-refractivity contribution is 0.473. The number of aromatic hydroxyl groups is 1. The number of phenolic OH excluding ortho intramolecular Hbond substituents is 1. The second-order valence-corrected chi connectivity index (χ2v) is 6.55. The van der Waals surface area contributed by atoms with Gasteiger partial charge in [0.25, 0.3) is 0 Å². The molecule has 1 N–H and O–H groups in total. The molecule has 1 heterocycles. The summed E-state index contributed by atoms with van der Waals surface area (Å²) in [6.45, 7) is 2.03. The van der Waals surface area contributed by atoms with Crippen molar-refractivity contribution in [1.29, 1.82) is 0 Å². The van der Waals surface area contributed by atoms with Gasteiger partial charge < -0.3 is 5.11 Å². The van der Waals surface area contributed by atoms with Gasteiger partial charge in [-0.15, -0.1) is 0 Å². The average Bonchev–Trinajstić information content (AvgIpc) is 2.48. The average molecular weight is 256 g/mol. The van der Waals surface area contributed by atoms with E-state index in [0.29, 0.717) is 5.75 Å². The summed E-state index contributed by atoms with van der Waals surface area (Å²) >= 11 is 1.68. The Morgan fingerprint density at radius 3 is 2.81 bits per heavy atom. The van der Waals surface area contributed by atoms with Gasteiger partial charge in [-0.05, 0) is 35.1 Å². The summed E-state index contributed by atoms with van der Waals surface area (Å²) in [6, 6.07) is 4.49. The lowest BCUT2D eigenvalue weighted by atomic mass is 10.1. The minimum absolute atomic E-state index is 0.0138. The fourth-order valence-corrected chi connectivity index (χ4v) is 3.92. The van der Waals surface area contributed by atoms with Crippen LogP contribution in [-0.4, -0.2) is 25.0 Å². The number of thioether (sulfide) groups is 1. The molecule has 0 aliphatic carbocycles. The highest BCUT2D eigenvalue weighted by molar-refractivity contribution is 8.00. The highest BCUT2D eigenvalue weighted by Crippen LogP contribution is 2.36. The molecule has 0 radical (unpaired) electrons. The summed E-state index contributed by atoms with van der Waals surface area (Å²) in [6.07, 6.45) is 0. The number of fused-ring (bicyclic) bond motifs is 1. The van der Waals surface area contributed by atoms with Crippen molar-refractivity contribution in [3.63, 3.8) is 0 Å². The molecule has 0 atom stereocenters. The Morgan fingerprint density at radius 2 is 2.12 bits per heavy atom. The number of hydrogen-bond acceptors (Lipinski definition) is 4. The van der Waals surface area contributed by atoms with Crippen molar-refractivity contribution >= 4 is 27.2 Å². The molecule has 86 valence electrons. The van der Waals surface area contributed by atoms with Gasteiger partial charge >= 0.3 is 0 Å². The monoisotopic (exact) mass is 256 g/mol. The van der Waals surface area contributed by atoms with E-state index in [1.54, 1.807) is 17.8 Å². The first kappa shape index (κ1) is 11.5. The van der Waals surface area contributed by atoms with Crippen LogP contribution in [0, 0.1) is 0 Å². The van der Waals surface area contributed by atoms with Gasteiger partial charge in [0.1, 0.15) is 5.75 Å². The molecular weight excluding hydrogens is 244 g/mol. The third-order valence-corrected chi connectivity index (χ3v) is 4.85. The van der Waals surface area contributed by atoms with Gasteiger partial charge in [-0.2, -0.15) is 11.8 Å². The van der Waals surface area contributed by atoms with Crippen LogP contribution in [-0.2, 0) is 9.84 Å². The summed E-state index contributed by atoms with van der Waals surface area (Å²) in [7, 11) is -3.34. The molecule has 1 aromatic carbocycles. The van der Waals surface area contributed by atoms with E-state index in [2.05, 4.69) is 0 Å². The van der Waals surface area contributed by atoms with Crippen molar-refractivity contribution in [2.75, 3.05) is 11.5 Å². The van der Waals surface area contributed by atoms with Crippen LogP contribution in [0.4, 0.5) is 0 Å². The Balaban J connectivity index is 2.48. The van der Waals surface area contributed by atoms with Crippen molar-refractivity contribution in [2.24, 2.45) is 0 Å². The normalized spacial score (nSPS) is 16.9. The Kier molecular flexibility index (Phi) is 2.99. The van der Waals surface area contributed by atoms with Crippen molar-refractivity contribution in [2.45, 2.75) is 11.8 Å². The third-order valence-electron chi connectivity index (χ3n) is 2.38. The Bertz CT molecular complexity index is 544. The zero-order valence-electron chi connectivity index (χ0n) is 8.80. The minimum atomic E-state index is -3.34. The number of rotatable bonds is 3. The Hall–Kier alpha value is -0.940. The molecule has 0 unspecified atom stereocenters. The summed E-state index contributed by atoms with van der Waals surface area (Å²) in [5.41, 5.74) is 1.54. The van der Waals surface area contributed by atoms with Gasteiger partial charge in [-0.3, -0.25) is 0 Å². The van der Waals surface area contributed by atoms with E-state index in [0.717, 1.165) is 16.9 Å². The van der Waals surface area contributed by atoms with Gasteiger partial charge in [0.15, 0.2) is 0 Å². The van der Waals surface area contributed by atoms with E-state index in [9.17, 15) is 13.5 Å². The first-order chi connectivity index (χ1) is 7.54. The molecule has 0 saturated heterocycles. The van der Waals surface area contributed by atoms with E-state index in [1.165, 1.54) is 17.5 Å². The van der Waals surface area contributed by atoms with E-state index in [4.69, 9.17) is 0 Å². The Labute approximate surface area is 99.1 Å². The SMILES string of the molecule is CCSCC1=CS(=O)(=O)c2cc(O)ccc21. The van der Waals surface area contributed by atoms with Gasteiger partial charge in [-0.1, -0.05) is 6.92 Å².